The van der Waals surface area contributed by atoms with Crippen LogP contribution in [-0.2, 0) is 0 Å². The van der Waals surface area contributed by atoms with E-state index < -0.39 is 12.2 Å². The Kier molecular flexibility index (Phi) is 5.36. The van der Waals surface area contributed by atoms with Crippen molar-refractivity contribution in [2.75, 3.05) is 25.0 Å². The standard InChI is InChI=1S/C18H18ClF3N6/c19-10-4-12-13(6-24-16(12)23-5-10)17-25-7-14(20)18(27-17)26-11-2-1-3-28(8-11)9-15(21)22/h4-7,11,15H,1-3,8-9H2,(H,23,24)(H,25,26,27)/t11-/m0/s1. The molecular weight excluding hydrogens is 393 g/mol. The summed E-state index contributed by atoms with van der Waals surface area (Å²) in [6.45, 7) is 0.748. The summed E-state index contributed by atoms with van der Waals surface area (Å²) < 4.78 is 39.6. The summed E-state index contributed by atoms with van der Waals surface area (Å²) in [5, 5.41) is 4.24. The zero-order valence-corrected chi connectivity index (χ0v) is 15.6. The lowest BCUT2D eigenvalue weighted by molar-refractivity contribution is 0.0761. The minimum absolute atomic E-state index is 0.0539. The van der Waals surface area contributed by atoms with Crippen molar-refractivity contribution in [1.82, 2.24) is 24.8 Å². The van der Waals surface area contributed by atoms with E-state index in [1.165, 1.54) is 6.20 Å². The summed E-state index contributed by atoms with van der Waals surface area (Å²) in [6, 6.07) is 1.57. The first kappa shape index (κ1) is 18.9. The molecule has 0 unspecified atom stereocenters. The molecule has 3 aromatic rings. The molecule has 4 rings (SSSR count). The molecule has 1 saturated heterocycles. The van der Waals surface area contributed by atoms with Crippen molar-refractivity contribution in [2.45, 2.75) is 25.3 Å². The number of pyridine rings is 1. The van der Waals surface area contributed by atoms with Gasteiger partial charge in [-0.05, 0) is 25.5 Å². The SMILES string of the molecule is Fc1cnc(-c2c[nH]c3ncc(Cl)cc23)nc1N[C@H]1CCCN(CC(F)F)C1. The second-order valence-electron chi connectivity index (χ2n) is 6.78. The number of aromatic nitrogens is 4. The first-order valence-electron chi connectivity index (χ1n) is 8.92. The van der Waals surface area contributed by atoms with Crippen LogP contribution in [0.4, 0.5) is 19.0 Å². The smallest absolute Gasteiger partial charge is 0.251 e. The van der Waals surface area contributed by atoms with Crippen molar-refractivity contribution in [1.29, 1.82) is 0 Å². The highest BCUT2D eigenvalue weighted by Crippen LogP contribution is 2.28. The Labute approximate surface area is 164 Å². The van der Waals surface area contributed by atoms with Crippen LogP contribution in [0.25, 0.3) is 22.4 Å². The van der Waals surface area contributed by atoms with Gasteiger partial charge in [0.25, 0.3) is 6.43 Å². The number of fused-ring (bicyclic) bond motifs is 1. The van der Waals surface area contributed by atoms with Crippen LogP contribution in [0, 0.1) is 5.82 Å². The number of alkyl halides is 2. The first-order valence-corrected chi connectivity index (χ1v) is 9.30. The van der Waals surface area contributed by atoms with Crippen LogP contribution in [0.15, 0.2) is 24.7 Å². The molecule has 1 aliphatic rings. The Balaban J connectivity index is 1.58. The van der Waals surface area contributed by atoms with Crippen molar-refractivity contribution in [3.8, 4) is 11.4 Å². The molecule has 6 nitrogen and oxygen atoms in total. The van der Waals surface area contributed by atoms with Crippen LogP contribution in [-0.4, -0.2) is 56.9 Å². The molecule has 1 atom stereocenters. The van der Waals surface area contributed by atoms with Crippen molar-refractivity contribution in [3.63, 3.8) is 0 Å². The predicted molar refractivity (Wildman–Crippen MR) is 101 cm³/mol. The molecule has 0 radical (unpaired) electrons. The zero-order chi connectivity index (χ0) is 19.7. The van der Waals surface area contributed by atoms with Gasteiger partial charge in [-0.15, -0.1) is 0 Å². The average molecular weight is 411 g/mol. The number of nitrogens with zero attached hydrogens (tertiary/aromatic N) is 4. The monoisotopic (exact) mass is 410 g/mol. The van der Waals surface area contributed by atoms with Crippen LogP contribution in [0.5, 0.6) is 0 Å². The lowest BCUT2D eigenvalue weighted by Crippen LogP contribution is -2.44. The van der Waals surface area contributed by atoms with Gasteiger partial charge in [-0.1, -0.05) is 11.6 Å². The van der Waals surface area contributed by atoms with Gasteiger partial charge in [0.15, 0.2) is 17.5 Å². The minimum Gasteiger partial charge on any atom is -0.363 e. The van der Waals surface area contributed by atoms with E-state index in [1.54, 1.807) is 17.2 Å². The van der Waals surface area contributed by atoms with Crippen LogP contribution in [0.3, 0.4) is 0 Å². The maximum Gasteiger partial charge on any atom is 0.251 e. The number of nitrogens with one attached hydrogen (secondary N) is 2. The Morgan fingerprint density at radius 2 is 2.18 bits per heavy atom. The third kappa shape index (κ3) is 4.05. The number of aromatic amines is 1. The Hall–Kier alpha value is -2.39. The first-order chi connectivity index (χ1) is 13.5. The number of likely N-dealkylation sites (tertiary alicyclic amines) is 1. The number of H-pyrrole nitrogens is 1. The molecule has 0 aromatic carbocycles. The van der Waals surface area contributed by atoms with Gasteiger partial charge in [-0.25, -0.2) is 28.1 Å². The van der Waals surface area contributed by atoms with Crippen molar-refractivity contribution >= 4 is 28.5 Å². The molecule has 2 N–H and O–H groups in total. The van der Waals surface area contributed by atoms with Gasteiger partial charge in [0.2, 0.25) is 0 Å². The Bertz CT molecular complexity index is 979. The summed E-state index contributed by atoms with van der Waals surface area (Å²) >= 11 is 6.02. The van der Waals surface area contributed by atoms with Crippen molar-refractivity contribution in [2.24, 2.45) is 0 Å². The fourth-order valence-electron chi connectivity index (χ4n) is 3.49. The summed E-state index contributed by atoms with van der Waals surface area (Å²) in [6.07, 6.45) is 3.44. The van der Waals surface area contributed by atoms with E-state index in [1.807, 2.05) is 0 Å². The molecular formula is C18H18ClF3N6. The number of rotatable bonds is 5. The second kappa shape index (κ2) is 7.92. The van der Waals surface area contributed by atoms with Gasteiger partial charge >= 0.3 is 0 Å². The van der Waals surface area contributed by atoms with E-state index in [9.17, 15) is 13.2 Å². The van der Waals surface area contributed by atoms with Crippen molar-refractivity contribution in [3.05, 3.63) is 35.5 Å². The summed E-state index contributed by atoms with van der Waals surface area (Å²) in [5.74, 6) is -0.219. The molecule has 0 aliphatic carbocycles. The number of hydrogen-bond acceptors (Lipinski definition) is 5. The molecule has 1 aliphatic heterocycles. The van der Waals surface area contributed by atoms with E-state index in [0.717, 1.165) is 24.4 Å². The van der Waals surface area contributed by atoms with E-state index >= 15 is 0 Å². The highest BCUT2D eigenvalue weighted by molar-refractivity contribution is 6.31. The molecule has 0 amide bonds. The van der Waals surface area contributed by atoms with Gasteiger partial charge in [0.05, 0.1) is 17.8 Å². The van der Waals surface area contributed by atoms with Crippen LogP contribution < -0.4 is 5.32 Å². The molecule has 28 heavy (non-hydrogen) atoms. The second-order valence-corrected chi connectivity index (χ2v) is 7.21. The third-order valence-electron chi connectivity index (χ3n) is 4.73. The lowest BCUT2D eigenvalue weighted by Gasteiger charge is -2.33. The molecule has 0 bridgehead atoms. The number of hydrogen-bond donors (Lipinski definition) is 2. The van der Waals surface area contributed by atoms with E-state index in [-0.39, 0.29) is 18.4 Å². The predicted octanol–water partition coefficient (Wildman–Crippen LogP) is 3.95. The third-order valence-corrected chi connectivity index (χ3v) is 4.93. The number of anilines is 1. The largest absolute Gasteiger partial charge is 0.363 e. The maximum absolute atomic E-state index is 14.3. The van der Waals surface area contributed by atoms with Gasteiger partial charge in [0.1, 0.15) is 5.65 Å². The molecule has 3 aromatic heterocycles. The Morgan fingerprint density at radius 1 is 1.32 bits per heavy atom. The minimum atomic E-state index is -2.39. The van der Waals surface area contributed by atoms with Crippen molar-refractivity contribution < 1.29 is 13.2 Å². The quantitative estimate of drug-likeness (QED) is 0.666. The van der Waals surface area contributed by atoms with Crippen LogP contribution >= 0.6 is 11.6 Å². The summed E-state index contributed by atoms with van der Waals surface area (Å²) in [5.41, 5.74) is 1.27. The van der Waals surface area contributed by atoms with Gasteiger partial charge in [0, 0.05) is 35.9 Å². The molecule has 148 valence electrons. The van der Waals surface area contributed by atoms with E-state index in [0.29, 0.717) is 35.1 Å². The molecule has 1 fully saturated rings. The zero-order valence-electron chi connectivity index (χ0n) is 14.8. The van der Waals surface area contributed by atoms with Gasteiger partial charge in [-0.3, -0.25) is 4.90 Å². The highest BCUT2D eigenvalue weighted by Gasteiger charge is 2.23. The molecule has 0 saturated carbocycles. The topological polar surface area (TPSA) is 69.7 Å². The molecule has 0 spiro atoms. The number of halogens is 4. The fraction of sp³-hybridized carbons (Fsp3) is 0.389. The van der Waals surface area contributed by atoms with Gasteiger partial charge < -0.3 is 10.3 Å². The maximum atomic E-state index is 14.3. The van der Waals surface area contributed by atoms with Crippen LogP contribution in [0.1, 0.15) is 12.8 Å². The van der Waals surface area contributed by atoms with Crippen LogP contribution in [0.2, 0.25) is 5.02 Å². The number of piperidine rings is 1. The molecule has 4 heterocycles. The van der Waals surface area contributed by atoms with Gasteiger partial charge in [-0.2, -0.15) is 0 Å². The summed E-state index contributed by atoms with van der Waals surface area (Å²) in [4.78, 5) is 17.3. The summed E-state index contributed by atoms with van der Waals surface area (Å²) in [7, 11) is 0. The Morgan fingerprint density at radius 3 is 3.00 bits per heavy atom. The normalized spacial score (nSPS) is 18.1. The molecule has 10 heteroatoms. The fourth-order valence-corrected chi connectivity index (χ4v) is 3.65. The van der Waals surface area contributed by atoms with E-state index in [2.05, 4.69) is 25.3 Å². The lowest BCUT2D eigenvalue weighted by atomic mass is 10.1. The average Bonchev–Trinajstić information content (AvgIpc) is 3.06. The van der Waals surface area contributed by atoms with E-state index in [4.69, 9.17) is 11.6 Å². The highest BCUT2D eigenvalue weighted by atomic mass is 35.5.